The lowest BCUT2D eigenvalue weighted by atomic mass is 9.84. The summed E-state index contributed by atoms with van der Waals surface area (Å²) in [4.78, 5) is 19.9. The van der Waals surface area contributed by atoms with E-state index >= 15 is 0 Å². The first-order valence-corrected chi connectivity index (χ1v) is 14.2. The Morgan fingerprint density at radius 2 is 1.83 bits per heavy atom. The maximum atomic E-state index is 13.1. The Morgan fingerprint density at radius 3 is 2.49 bits per heavy atom. The SMILES string of the molecule is CC[C@@H](C)NC(=O)c1cc(NS(=O)(=O)c2ccc(C3CCCCC3)cc2)cnc1N1CCNCC1. The highest BCUT2D eigenvalue weighted by atomic mass is 32.2. The van der Waals surface area contributed by atoms with Crippen molar-refractivity contribution in [2.45, 2.75) is 69.2 Å². The number of anilines is 2. The summed E-state index contributed by atoms with van der Waals surface area (Å²) in [7, 11) is -3.81. The van der Waals surface area contributed by atoms with E-state index in [1.165, 1.54) is 31.0 Å². The molecule has 190 valence electrons. The van der Waals surface area contributed by atoms with Gasteiger partial charge in [-0.3, -0.25) is 9.52 Å². The van der Waals surface area contributed by atoms with Crippen LogP contribution in [0.3, 0.4) is 0 Å². The minimum atomic E-state index is -3.81. The van der Waals surface area contributed by atoms with Crippen molar-refractivity contribution in [1.29, 1.82) is 0 Å². The zero-order valence-corrected chi connectivity index (χ0v) is 21.5. The van der Waals surface area contributed by atoms with E-state index in [0.717, 1.165) is 45.4 Å². The van der Waals surface area contributed by atoms with Gasteiger partial charge in [-0.2, -0.15) is 0 Å². The van der Waals surface area contributed by atoms with Gasteiger partial charge >= 0.3 is 0 Å². The van der Waals surface area contributed by atoms with Crippen LogP contribution in [0, 0.1) is 0 Å². The number of piperazine rings is 1. The fourth-order valence-electron chi connectivity index (χ4n) is 4.78. The average molecular weight is 500 g/mol. The molecule has 1 saturated carbocycles. The number of carbonyl (C=O) groups is 1. The van der Waals surface area contributed by atoms with Gasteiger partial charge < -0.3 is 15.5 Å². The number of aromatic nitrogens is 1. The molecule has 3 N–H and O–H groups in total. The molecule has 1 aliphatic heterocycles. The molecule has 0 spiro atoms. The predicted molar refractivity (Wildman–Crippen MR) is 140 cm³/mol. The third kappa shape index (κ3) is 6.32. The summed E-state index contributed by atoms with van der Waals surface area (Å²) in [6.45, 7) is 7.02. The molecule has 2 aromatic rings. The molecule has 9 heteroatoms. The molecule has 4 rings (SSSR count). The molecule has 2 aliphatic rings. The number of hydrogen-bond donors (Lipinski definition) is 3. The monoisotopic (exact) mass is 499 g/mol. The number of hydrogen-bond acceptors (Lipinski definition) is 6. The van der Waals surface area contributed by atoms with Crippen LogP contribution in [0.4, 0.5) is 11.5 Å². The lowest BCUT2D eigenvalue weighted by molar-refractivity contribution is 0.0939. The van der Waals surface area contributed by atoms with Crippen molar-refractivity contribution in [2.75, 3.05) is 35.8 Å². The normalized spacial score (nSPS) is 18.2. The van der Waals surface area contributed by atoms with Gasteiger partial charge in [-0.15, -0.1) is 0 Å². The number of carbonyl (C=O) groups excluding carboxylic acids is 1. The number of nitrogens with zero attached hydrogens (tertiary/aromatic N) is 2. The number of benzene rings is 1. The quantitative estimate of drug-likeness (QED) is 0.510. The molecule has 35 heavy (non-hydrogen) atoms. The lowest BCUT2D eigenvalue weighted by Crippen LogP contribution is -2.45. The van der Waals surface area contributed by atoms with Gasteiger partial charge in [0.25, 0.3) is 15.9 Å². The molecule has 2 fully saturated rings. The van der Waals surface area contributed by atoms with Crippen LogP contribution in [0.2, 0.25) is 0 Å². The summed E-state index contributed by atoms with van der Waals surface area (Å²) >= 11 is 0. The van der Waals surface area contributed by atoms with E-state index in [2.05, 4.69) is 25.2 Å². The fourth-order valence-corrected chi connectivity index (χ4v) is 5.82. The van der Waals surface area contributed by atoms with Gasteiger partial charge in [0.2, 0.25) is 0 Å². The number of amides is 1. The van der Waals surface area contributed by atoms with Crippen LogP contribution in [-0.2, 0) is 10.0 Å². The van der Waals surface area contributed by atoms with E-state index in [9.17, 15) is 13.2 Å². The van der Waals surface area contributed by atoms with Crippen molar-refractivity contribution in [2.24, 2.45) is 0 Å². The third-order valence-electron chi connectivity index (χ3n) is 7.04. The Balaban J connectivity index is 1.56. The fraction of sp³-hybridized carbons (Fsp3) is 0.538. The molecular formula is C26H37N5O3S. The van der Waals surface area contributed by atoms with Gasteiger partial charge in [0.1, 0.15) is 5.82 Å². The zero-order valence-electron chi connectivity index (χ0n) is 20.7. The Labute approximate surface area is 209 Å². The summed E-state index contributed by atoms with van der Waals surface area (Å²) < 4.78 is 28.9. The highest BCUT2D eigenvalue weighted by Gasteiger charge is 2.23. The van der Waals surface area contributed by atoms with E-state index in [1.807, 2.05) is 26.0 Å². The van der Waals surface area contributed by atoms with Crippen molar-refractivity contribution < 1.29 is 13.2 Å². The first-order valence-electron chi connectivity index (χ1n) is 12.8. The molecule has 0 bridgehead atoms. The Morgan fingerprint density at radius 1 is 1.14 bits per heavy atom. The van der Waals surface area contributed by atoms with Crippen LogP contribution in [0.5, 0.6) is 0 Å². The van der Waals surface area contributed by atoms with Crippen molar-refractivity contribution in [1.82, 2.24) is 15.6 Å². The first-order chi connectivity index (χ1) is 16.9. The molecule has 0 radical (unpaired) electrons. The highest BCUT2D eigenvalue weighted by molar-refractivity contribution is 7.92. The molecular weight excluding hydrogens is 462 g/mol. The van der Waals surface area contributed by atoms with Crippen LogP contribution in [0.15, 0.2) is 41.4 Å². The number of pyridine rings is 1. The average Bonchev–Trinajstić information content (AvgIpc) is 2.89. The van der Waals surface area contributed by atoms with Crippen molar-refractivity contribution in [3.8, 4) is 0 Å². The number of nitrogens with one attached hydrogen (secondary N) is 3. The smallest absolute Gasteiger partial charge is 0.261 e. The van der Waals surface area contributed by atoms with Crippen molar-refractivity contribution in [3.05, 3.63) is 47.7 Å². The van der Waals surface area contributed by atoms with Gasteiger partial charge in [0.15, 0.2) is 0 Å². The van der Waals surface area contributed by atoms with Crippen molar-refractivity contribution in [3.63, 3.8) is 0 Å². The maximum absolute atomic E-state index is 13.1. The van der Waals surface area contributed by atoms with E-state index < -0.39 is 10.0 Å². The number of rotatable bonds is 8. The number of sulfonamides is 1. The van der Waals surface area contributed by atoms with Crippen LogP contribution in [-0.4, -0.2) is 51.5 Å². The molecule has 1 aromatic heterocycles. The van der Waals surface area contributed by atoms with E-state index in [0.29, 0.717) is 17.3 Å². The Bertz CT molecular complexity index is 1110. The second-order valence-corrected chi connectivity index (χ2v) is 11.3. The molecule has 1 saturated heterocycles. The van der Waals surface area contributed by atoms with E-state index in [4.69, 9.17) is 0 Å². The minimum absolute atomic E-state index is 0.00130. The molecule has 1 aliphatic carbocycles. The zero-order chi connectivity index (χ0) is 24.8. The molecule has 1 aromatic carbocycles. The van der Waals surface area contributed by atoms with Crippen LogP contribution >= 0.6 is 0 Å². The predicted octanol–water partition coefficient (Wildman–Crippen LogP) is 3.87. The van der Waals surface area contributed by atoms with Gasteiger partial charge in [-0.05, 0) is 55.9 Å². The second-order valence-electron chi connectivity index (χ2n) is 9.62. The Hall–Kier alpha value is -2.65. The summed E-state index contributed by atoms with van der Waals surface area (Å²) in [5.41, 5.74) is 1.85. The van der Waals surface area contributed by atoms with Gasteiger partial charge in [-0.25, -0.2) is 13.4 Å². The topological polar surface area (TPSA) is 103 Å². The van der Waals surface area contributed by atoms with Gasteiger partial charge in [0, 0.05) is 32.2 Å². The van der Waals surface area contributed by atoms with Crippen molar-refractivity contribution >= 4 is 27.4 Å². The molecule has 2 heterocycles. The molecule has 1 amide bonds. The lowest BCUT2D eigenvalue weighted by Gasteiger charge is -2.30. The summed E-state index contributed by atoms with van der Waals surface area (Å²) in [6, 6.07) is 8.80. The van der Waals surface area contributed by atoms with Crippen LogP contribution < -0.4 is 20.3 Å². The summed E-state index contributed by atoms with van der Waals surface area (Å²) in [5, 5.41) is 6.28. The molecule has 0 unspecified atom stereocenters. The van der Waals surface area contributed by atoms with E-state index in [-0.39, 0.29) is 22.5 Å². The second kappa shape index (κ2) is 11.4. The maximum Gasteiger partial charge on any atom is 0.261 e. The molecule has 8 nitrogen and oxygen atoms in total. The summed E-state index contributed by atoms with van der Waals surface area (Å²) in [5.74, 6) is 0.840. The van der Waals surface area contributed by atoms with E-state index in [1.54, 1.807) is 18.2 Å². The van der Waals surface area contributed by atoms with Crippen LogP contribution in [0.1, 0.15) is 74.2 Å². The first kappa shape index (κ1) is 25.4. The minimum Gasteiger partial charge on any atom is -0.353 e. The standard InChI is InChI=1S/C26H37N5O3S/c1-3-19(2)29-26(32)24-17-22(18-28-25(24)31-15-13-27-14-16-31)30-35(33,34)23-11-9-21(10-12-23)20-7-5-4-6-8-20/h9-12,17-20,27,30H,3-8,13-16H2,1-2H3,(H,29,32)/t19-/m1/s1. The molecule has 1 atom stereocenters. The third-order valence-corrected chi connectivity index (χ3v) is 8.43. The van der Waals surface area contributed by atoms with Gasteiger partial charge in [-0.1, -0.05) is 38.3 Å². The van der Waals surface area contributed by atoms with Gasteiger partial charge in [0.05, 0.1) is 22.3 Å². The largest absolute Gasteiger partial charge is 0.353 e. The highest BCUT2D eigenvalue weighted by Crippen LogP contribution is 2.33. The van der Waals surface area contributed by atoms with Crippen LogP contribution in [0.25, 0.3) is 0 Å². The summed E-state index contributed by atoms with van der Waals surface area (Å²) in [6.07, 6.45) is 8.36. The Kier molecular flexibility index (Phi) is 8.28.